The number of aryl methyl sites for hydroxylation is 2. The molecule has 21 heavy (non-hydrogen) atoms. The topological polar surface area (TPSA) is 95.1 Å². The summed E-state index contributed by atoms with van der Waals surface area (Å²) in [4.78, 5) is 15.9. The molecule has 3 N–H and O–H groups in total. The van der Waals surface area contributed by atoms with Crippen LogP contribution in [0.15, 0.2) is 12.1 Å². The maximum absolute atomic E-state index is 11.4. The fraction of sp³-hybridized carbons (Fsp3) is 0.357. The molecular weight excluding hydrogens is 270 g/mol. The average molecular weight is 287 g/mol. The van der Waals surface area contributed by atoms with Gasteiger partial charge in [0.1, 0.15) is 11.6 Å². The SMILES string of the molecule is CCc1nc(CC)n(-c2cc3c(cc2N)OCC(=O)N3)n1. The second kappa shape index (κ2) is 5.08. The normalized spacial score (nSPS) is 13.5. The van der Waals surface area contributed by atoms with Gasteiger partial charge in [0.15, 0.2) is 12.4 Å². The molecule has 110 valence electrons. The van der Waals surface area contributed by atoms with Crippen LogP contribution in [-0.2, 0) is 17.6 Å². The molecule has 1 aliphatic rings. The Morgan fingerprint density at radius 3 is 2.90 bits per heavy atom. The number of carbonyl (C=O) groups is 1. The van der Waals surface area contributed by atoms with Gasteiger partial charge in [0, 0.05) is 18.9 Å². The third-order valence-corrected chi connectivity index (χ3v) is 3.34. The largest absolute Gasteiger partial charge is 0.482 e. The molecule has 0 atom stereocenters. The van der Waals surface area contributed by atoms with E-state index < -0.39 is 0 Å². The number of fused-ring (bicyclic) bond motifs is 1. The Kier molecular flexibility index (Phi) is 3.25. The number of anilines is 2. The Morgan fingerprint density at radius 1 is 1.38 bits per heavy atom. The maximum Gasteiger partial charge on any atom is 0.262 e. The van der Waals surface area contributed by atoms with E-state index in [2.05, 4.69) is 15.4 Å². The molecule has 2 heterocycles. The summed E-state index contributed by atoms with van der Waals surface area (Å²) in [6.45, 7) is 4.03. The van der Waals surface area contributed by atoms with Crippen LogP contribution in [0, 0.1) is 0 Å². The van der Waals surface area contributed by atoms with Gasteiger partial charge in [-0.05, 0) is 6.07 Å². The molecule has 1 aromatic carbocycles. The highest BCUT2D eigenvalue weighted by molar-refractivity contribution is 5.96. The van der Waals surface area contributed by atoms with Crippen LogP contribution in [0.5, 0.6) is 5.75 Å². The lowest BCUT2D eigenvalue weighted by Gasteiger charge is -2.20. The first-order chi connectivity index (χ1) is 10.1. The number of nitrogen functional groups attached to an aromatic ring is 1. The summed E-state index contributed by atoms with van der Waals surface area (Å²) in [7, 11) is 0. The van der Waals surface area contributed by atoms with Crippen LogP contribution >= 0.6 is 0 Å². The van der Waals surface area contributed by atoms with Gasteiger partial charge in [-0.25, -0.2) is 9.67 Å². The molecule has 0 saturated heterocycles. The van der Waals surface area contributed by atoms with Gasteiger partial charge in [0.2, 0.25) is 0 Å². The maximum atomic E-state index is 11.4. The van der Waals surface area contributed by atoms with E-state index in [-0.39, 0.29) is 12.5 Å². The monoisotopic (exact) mass is 287 g/mol. The summed E-state index contributed by atoms with van der Waals surface area (Å²) in [5.41, 5.74) is 7.94. The van der Waals surface area contributed by atoms with Gasteiger partial charge in [0.05, 0.1) is 17.1 Å². The molecule has 1 amide bonds. The molecule has 0 spiro atoms. The van der Waals surface area contributed by atoms with Crippen molar-refractivity contribution in [3.05, 3.63) is 23.8 Å². The van der Waals surface area contributed by atoms with Crippen molar-refractivity contribution in [3.63, 3.8) is 0 Å². The number of hydrogen-bond donors (Lipinski definition) is 2. The van der Waals surface area contributed by atoms with E-state index in [0.29, 0.717) is 22.8 Å². The lowest BCUT2D eigenvalue weighted by Crippen LogP contribution is -2.25. The minimum atomic E-state index is -0.179. The van der Waals surface area contributed by atoms with Gasteiger partial charge in [-0.15, -0.1) is 0 Å². The van der Waals surface area contributed by atoms with E-state index >= 15 is 0 Å². The molecule has 0 radical (unpaired) electrons. The van der Waals surface area contributed by atoms with E-state index in [0.717, 1.165) is 24.5 Å². The smallest absolute Gasteiger partial charge is 0.262 e. The first-order valence-electron chi connectivity index (χ1n) is 6.93. The predicted octanol–water partition coefficient (Wildman–Crippen LogP) is 1.31. The summed E-state index contributed by atoms with van der Waals surface area (Å²) < 4.78 is 7.08. The highest BCUT2D eigenvalue weighted by atomic mass is 16.5. The minimum Gasteiger partial charge on any atom is -0.482 e. The van der Waals surface area contributed by atoms with Crippen molar-refractivity contribution in [1.29, 1.82) is 0 Å². The van der Waals surface area contributed by atoms with Crippen LogP contribution in [0.4, 0.5) is 11.4 Å². The number of amides is 1. The minimum absolute atomic E-state index is 0.00923. The fourth-order valence-electron chi connectivity index (χ4n) is 2.28. The number of aromatic nitrogens is 3. The summed E-state index contributed by atoms with van der Waals surface area (Å²) in [5, 5.41) is 7.25. The summed E-state index contributed by atoms with van der Waals surface area (Å²) in [6.07, 6.45) is 1.50. The van der Waals surface area contributed by atoms with Crippen LogP contribution in [-0.4, -0.2) is 27.3 Å². The summed E-state index contributed by atoms with van der Waals surface area (Å²) in [5.74, 6) is 2.00. The Morgan fingerprint density at radius 2 is 2.19 bits per heavy atom. The van der Waals surface area contributed by atoms with Gasteiger partial charge >= 0.3 is 0 Å². The zero-order valence-corrected chi connectivity index (χ0v) is 12.0. The van der Waals surface area contributed by atoms with Crippen LogP contribution in [0.3, 0.4) is 0 Å². The lowest BCUT2D eigenvalue weighted by atomic mass is 10.2. The molecule has 0 aliphatic carbocycles. The van der Waals surface area contributed by atoms with E-state index in [9.17, 15) is 4.79 Å². The van der Waals surface area contributed by atoms with E-state index in [4.69, 9.17) is 10.5 Å². The number of benzene rings is 1. The molecule has 0 fully saturated rings. The number of nitrogens with one attached hydrogen (secondary N) is 1. The van der Waals surface area contributed by atoms with E-state index in [1.54, 1.807) is 16.8 Å². The molecule has 0 unspecified atom stereocenters. The average Bonchev–Trinajstić information content (AvgIpc) is 2.90. The first-order valence-corrected chi connectivity index (χ1v) is 6.93. The van der Waals surface area contributed by atoms with Gasteiger partial charge in [0.25, 0.3) is 5.91 Å². The molecule has 2 aromatic rings. The van der Waals surface area contributed by atoms with Gasteiger partial charge < -0.3 is 15.8 Å². The Bertz CT molecular complexity index is 708. The second-order valence-electron chi connectivity index (χ2n) is 4.81. The van der Waals surface area contributed by atoms with Gasteiger partial charge in [-0.3, -0.25) is 4.79 Å². The number of ether oxygens (including phenoxy) is 1. The second-order valence-corrected chi connectivity index (χ2v) is 4.81. The number of nitrogens with two attached hydrogens (primary N) is 1. The van der Waals surface area contributed by atoms with E-state index in [1.807, 2.05) is 13.8 Å². The van der Waals surface area contributed by atoms with Gasteiger partial charge in [-0.1, -0.05) is 13.8 Å². The van der Waals surface area contributed by atoms with Crippen molar-refractivity contribution in [2.24, 2.45) is 0 Å². The van der Waals surface area contributed by atoms with E-state index in [1.165, 1.54) is 0 Å². The molecule has 0 bridgehead atoms. The number of hydrogen-bond acceptors (Lipinski definition) is 5. The predicted molar refractivity (Wildman–Crippen MR) is 78.7 cm³/mol. The summed E-state index contributed by atoms with van der Waals surface area (Å²) in [6, 6.07) is 3.48. The van der Waals surface area contributed by atoms with Crippen molar-refractivity contribution in [1.82, 2.24) is 14.8 Å². The highest BCUT2D eigenvalue weighted by Gasteiger charge is 2.20. The Balaban J connectivity index is 2.12. The number of nitrogens with zero attached hydrogens (tertiary/aromatic N) is 3. The standard InChI is InChI=1S/C14H17N5O2/c1-3-12-17-13(4-2)19(18-12)10-6-9-11(5-8(10)15)21-7-14(20)16-9/h5-6H,3-4,7,15H2,1-2H3,(H,16,20). The van der Waals surface area contributed by atoms with Crippen molar-refractivity contribution >= 4 is 17.3 Å². The zero-order valence-electron chi connectivity index (χ0n) is 12.0. The lowest BCUT2D eigenvalue weighted by molar-refractivity contribution is -0.118. The highest BCUT2D eigenvalue weighted by Crippen LogP contribution is 2.34. The van der Waals surface area contributed by atoms with Crippen molar-refractivity contribution < 1.29 is 9.53 Å². The number of rotatable bonds is 3. The molecule has 0 saturated carbocycles. The molecule has 7 heteroatoms. The number of carbonyl (C=O) groups excluding carboxylic acids is 1. The van der Waals surface area contributed by atoms with Crippen LogP contribution < -0.4 is 15.8 Å². The fourth-order valence-corrected chi connectivity index (χ4v) is 2.28. The third kappa shape index (κ3) is 2.31. The van der Waals surface area contributed by atoms with Crippen LogP contribution in [0.1, 0.15) is 25.5 Å². The molecule has 1 aliphatic heterocycles. The van der Waals surface area contributed by atoms with Crippen LogP contribution in [0.25, 0.3) is 5.69 Å². The van der Waals surface area contributed by atoms with Crippen molar-refractivity contribution in [2.75, 3.05) is 17.7 Å². The summed E-state index contributed by atoms with van der Waals surface area (Å²) >= 11 is 0. The zero-order chi connectivity index (χ0) is 15.0. The van der Waals surface area contributed by atoms with Gasteiger partial charge in [-0.2, -0.15) is 5.10 Å². The molecule has 1 aromatic heterocycles. The third-order valence-electron chi connectivity index (χ3n) is 3.34. The quantitative estimate of drug-likeness (QED) is 0.830. The van der Waals surface area contributed by atoms with Crippen molar-refractivity contribution in [2.45, 2.75) is 26.7 Å². The van der Waals surface area contributed by atoms with Crippen LogP contribution in [0.2, 0.25) is 0 Å². The van der Waals surface area contributed by atoms with Crippen molar-refractivity contribution in [3.8, 4) is 11.4 Å². The Labute approximate surface area is 122 Å². The molecular formula is C14H17N5O2. The molecule has 3 rings (SSSR count). The molecule has 7 nitrogen and oxygen atoms in total. The Hall–Kier alpha value is -2.57. The first kappa shape index (κ1) is 13.4.